The molecule has 1 N–H and O–H groups in total. The average molecular weight is 275 g/mol. The maximum atomic E-state index is 10.9. The first-order chi connectivity index (χ1) is 9.58. The molecule has 1 unspecified atom stereocenters. The van der Waals surface area contributed by atoms with Crippen LogP contribution in [-0.2, 0) is 0 Å². The summed E-state index contributed by atoms with van der Waals surface area (Å²) in [5.74, 6) is -0.582. The molecule has 4 heteroatoms. The number of nitrogens with zero attached hydrogens (tertiary/aromatic N) is 1. The second-order valence-corrected chi connectivity index (χ2v) is 4.91. The number of aromatic carboxylic acids is 1. The van der Waals surface area contributed by atoms with Crippen molar-refractivity contribution in [1.29, 1.82) is 5.26 Å². The molecule has 0 spiro atoms. The molecule has 1 rings (SSSR count). The second-order valence-electron chi connectivity index (χ2n) is 4.91. The Morgan fingerprint density at radius 1 is 1.40 bits per heavy atom. The summed E-state index contributed by atoms with van der Waals surface area (Å²) in [6.07, 6.45) is 5.67. The lowest BCUT2D eigenvalue weighted by Gasteiger charge is -2.15. The van der Waals surface area contributed by atoms with Crippen LogP contribution < -0.4 is 4.74 Å². The minimum Gasteiger partial charge on any atom is -0.489 e. The Bertz CT molecular complexity index is 491. The van der Waals surface area contributed by atoms with E-state index in [4.69, 9.17) is 15.1 Å². The normalized spacial score (nSPS) is 11.7. The van der Waals surface area contributed by atoms with Crippen molar-refractivity contribution in [2.75, 3.05) is 0 Å². The van der Waals surface area contributed by atoms with Crippen LogP contribution in [0.2, 0.25) is 0 Å². The molecule has 1 atom stereocenters. The Balaban J connectivity index is 2.63. The van der Waals surface area contributed by atoms with Gasteiger partial charge in [-0.15, -0.1) is 0 Å². The van der Waals surface area contributed by atoms with Gasteiger partial charge in [0.2, 0.25) is 0 Å². The fourth-order valence-corrected chi connectivity index (χ4v) is 1.99. The maximum absolute atomic E-state index is 10.9. The smallest absolute Gasteiger partial charge is 0.335 e. The van der Waals surface area contributed by atoms with Gasteiger partial charge in [-0.05, 0) is 38.0 Å². The highest BCUT2D eigenvalue weighted by molar-refractivity contribution is 5.88. The Kier molecular flexibility index (Phi) is 6.58. The van der Waals surface area contributed by atoms with Crippen molar-refractivity contribution in [2.45, 2.75) is 52.1 Å². The Labute approximate surface area is 120 Å². The van der Waals surface area contributed by atoms with E-state index in [-0.39, 0.29) is 17.2 Å². The summed E-state index contributed by atoms with van der Waals surface area (Å²) in [5, 5.41) is 18.0. The third-order valence-corrected chi connectivity index (χ3v) is 3.14. The van der Waals surface area contributed by atoms with Crippen molar-refractivity contribution in [1.82, 2.24) is 0 Å². The molecule has 0 aliphatic carbocycles. The van der Waals surface area contributed by atoms with Gasteiger partial charge in [0, 0.05) is 0 Å². The van der Waals surface area contributed by atoms with Crippen LogP contribution in [0, 0.1) is 11.3 Å². The summed E-state index contributed by atoms with van der Waals surface area (Å²) in [6.45, 7) is 4.14. The summed E-state index contributed by atoms with van der Waals surface area (Å²) in [5.41, 5.74) is 0.370. The van der Waals surface area contributed by atoms with E-state index in [9.17, 15) is 4.79 Å². The number of ether oxygens (including phenoxy) is 1. The predicted octanol–water partition coefficient (Wildman–Crippen LogP) is 3.99. The van der Waals surface area contributed by atoms with Gasteiger partial charge >= 0.3 is 5.97 Å². The second kappa shape index (κ2) is 8.21. The van der Waals surface area contributed by atoms with Gasteiger partial charge in [-0.3, -0.25) is 0 Å². The molecule has 0 fully saturated rings. The zero-order chi connectivity index (χ0) is 15.0. The first kappa shape index (κ1) is 16.0. The van der Waals surface area contributed by atoms with Gasteiger partial charge in [0.05, 0.1) is 17.2 Å². The van der Waals surface area contributed by atoms with Crippen molar-refractivity contribution in [3.63, 3.8) is 0 Å². The Morgan fingerprint density at radius 3 is 2.75 bits per heavy atom. The van der Waals surface area contributed by atoms with E-state index in [1.165, 1.54) is 31.4 Å². The maximum Gasteiger partial charge on any atom is 0.335 e. The highest BCUT2D eigenvalue weighted by Gasteiger charge is 2.11. The van der Waals surface area contributed by atoms with Gasteiger partial charge in [0.15, 0.2) is 0 Å². The van der Waals surface area contributed by atoms with Crippen LogP contribution in [-0.4, -0.2) is 17.2 Å². The molecular formula is C16H21NO3. The first-order valence-corrected chi connectivity index (χ1v) is 7.02. The van der Waals surface area contributed by atoms with Gasteiger partial charge in [0.1, 0.15) is 11.8 Å². The monoisotopic (exact) mass is 275 g/mol. The van der Waals surface area contributed by atoms with Crippen LogP contribution in [0.25, 0.3) is 0 Å². The highest BCUT2D eigenvalue weighted by atomic mass is 16.5. The molecule has 1 aromatic rings. The molecule has 1 aromatic carbocycles. The van der Waals surface area contributed by atoms with E-state index in [2.05, 4.69) is 6.92 Å². The number of hydrogen-bond donors (Lipinski definition) is 1. The number of benzene rings is 1. The highest BCUT2D eigenvalue weighted by Crippen LogP contribution is 2.22. The minimum absolute atomic E-state index is 0.0228. The largest absolute Gasteiger partial charge is 0.489 e. The Hall–Kier alpha value is -2.02. The molecule has 0 bridgehead atoms. The molecule has 0 radical (unpaired) electrons. The van der Waals surface area contributed by atoms with E-state index in [1.807, 2.05) is 13.0 Å². The van der Waals surface area contributed by atoms with E-state index >= 15 is 0 Å². The van der Waals surface area contributed by atoms with Crippen LogP contribution in [0.5, 0.6) is 5.75 Å². The molecule has 0 aliphatic rings. The number of unbranched alkanes of at least 4 members (excludes halogenated alkanes) is 3. The molecule has 0 amide bonds. The zero-order valence-corrected chi connectivity index (χ0v) is 12.1. The number of hydrogen-bond acceptors (Lipinski definition) is 3. The standard InChI is InChI=1S/C16H21NO3/c1-3-4-5-6-7-12(2)20-15-9-8-13(16(18)19)10-14(15)11-17/h8-10,12H,3-7H2,1-2H3,(H,18,19). The predicted molar refractivity (Wildman–Crippen MR) is 77.0 cm³/mol. The molecule has 20 heavy (non-hydrogen) atoms. The Morgan fingerprint density at radius 2 is 2.15 bits per heavy atom. The number of rotatable bonds is 8. The van der Waals surface area contributed by atoms with Gasteiger partial charge < -0.3 is 9.84 Å². The van der Waals surface area contributed by atoms with Crippen LogP contribution in [0.15, 0.2) is 18.2 Å². The summed E-state index contributed by atoms with van der Waals surface area (Å²) in [4.78, 5) is 10.9. The lowest BCUT2D eigenvalue weighted by molar-refractivity contribution is 0.0697. The summed E-state index contributed by atoms with van der Waals surface area (Å²) in [7, 11) is 0. The molecule has 0 saturated carbocycles. The molecule has 0 saturated heterocycles. The van der Waals surface area contributed by atoms with Gasteiger partial charge in [0.25, 0.3) is 0 Å². The van der Waals surface area contributed by atoms with Crippen LogP contribution in [0.1, 0.15) is 61.9 Å². The summed E-state index contributed by atoms with van der Waals surface area (Å²) >= 11 is 0. The number of carbonyl (C=O) groups is 1. The van der Waals surface area contributed by atoms with Crippen molar-refractivity contribution in [3.05, 3.63) is 29.3 Å². The average Bonchev–Trinajstić information content (AvgIpc) is 2.43. The molecule has 0 aromatic heterocycles. The van der Waals surface area contributed by atoms with E-state index < -0.39 is 5.97 Å². The van der Waals surface area contributed by atoms with Gasteiger partial charge in [-0.25, -0.2) is 4.79 Å². The molecule has 0 aliphatic heterocycles. The minimum atomic E-state index is -1.04. The van der Waals surface area contributed by atoms with Crippen LogP contribution in [0.3, 0.4) is 0 Å². The van der Waals surface area contributed by atoms with Crippen molar-refractivity contribution < 1.29 is 14.6 Å². The van der Waals surface area contributed by atoms with Gasteiger partial charge in [-0.1, -0.05) is 26.2 Å². The van der Waals surface area contributed by atoms with Crippen molar-refractivity contribution in [2.24, 2.45) is 0 Å². The van der Waals surface area contributed by atoms with Crippen molar-refractivity contribution >= 4 is 5.97 Å². The number of nitriles is 1. The topological polar surface area (TPSA) is 70.3 Å². The fraction of sp³-hybridized carbons (Fsp3) is 0.500. The third kappa shape index (κ3) is 4.93. The summed E-state index contributed by atoms with van der Waals surface area (Å²) < 4.78 is 5.74. The van der Waals surface area contributed by atoms with Crippen LogP contribution >= 0.6 is 0 Å². The van der Waals surface area contributed by atoms with E-state index in [0.29, 0.717) is 5.75 Å². The van der Waals surface area contributed by atoms with Gasteiger partial charge in [-0.2, -0.15) is 5.26 Å². The lowest BCUT2D eigenvalue weighted by Crippen LogP contribution is -2.12. The first-order valence-electron chi connectivity index (χ1n) is 7.02. The van der Waals surface area contributed by atoms with E-state index in [1.54, 1.807) is 6.07 Å². The fourth-order valence-electron chi connectivity index (χ4n) is 1.99. The third-order valence-electron chi connectivity index (χ3n) is 3.14. The van der Waals surface area contributed by atoms with E-state index in [0.717, 1.165) is 12.8 Å². The van der Waals surface area contributed by atoms with Crippen LogP contribution in [0.4, 0.5) is 0 Å². The van der Waals surface area contributed by atoms with Crippen molar-refractivity contribution in [3.8, 4) is 11.8 Å². The SMILES string of the molecule is CCCCCCC(C)Oc1ccc(C(=O)O)cc1C#N. The molecular weight excluding hydrogens is 254 g/mol. The molecule has 108 valence electrons. The number of carboxylic acid groups (broad SMARTS) is 1. The molecule has 0 heterocycles. The zero-order valence-electron chi connectivity index (χ0n) is 12.1. The quantitative estimate of drug-likeness (QED) is 0.728. The number of carboxylic acids is 1. The summed E-state index contributed by atoms with van der Waals surface area (Å²) in [6, 6.07) is 6.35. The molecule has 4 nitrogen and oxygen atoms in total. The lowest BCUT2D eigenvalue weighted by atomic mass is 10.1.